The maximum Gasteiger partial charge on any atom is 0.181 e. The molecule has 0 radical (unpaired) electrons. The summed E-state index contributed by atoms with van der Waals surface area (Å²) in [6, 6.07) is 3.82. The summed E-state index contributed by atoms with van der Waals surface area (Å²) in [5.41, 5.74) is 6.98. The standard InChI is InChI=1S/C11H13N5/c12-9-2-1-3-10-14-11(15-16(9)10)8-4-6-13-7-5-8/h4-7,9H,1-3,12H2. The van der Waals surface area contributed by atoms with Crippen LogP contribution in [0.15, 0.2) is 24.5 Å². The van der Waals surface area contributed by atoms with E-state index >= 15 is 0 Å². The molecule has 16 heavy (non-hydrogen) atoms. The number of rotatable bonds is 1. The van der Waals surface area contributed by atoms with E-state index in [1.165, 1.54) is 0 Å². The number of nitrogens with zero attached hydrogens (tertiary/aromatic N) is 4. The largest absolute Gasteiger partial charge is 0.310 e. The Labute approximate surface area is 93.3 Å². The molecule has 0 bridgehead atoms. The minimum Gasteiger partial charge on any atom is -0.310 e. The summed E-state index contributed by atoms with van der Waals surface area (Å²) in [5.74, 6) is 1.74. The first-order valence-electron chi connectivity index (χ1n) is 5.46. The van der Waals surface area contributed by atoms with Gasteiger partial charge in [-0.25, -0.2) is 9.67 Å². The lowest BCUT2D eigenvalue weighted by atomic mass is 10.1. The highest BCUT2D eigenvalue weighted by molar-refractivity contribution is 5.53. The maximum atomic E-state index is 5.99. The van der Waals surface area contributed by atoms with E-state index in [4.69, 9.17) is 5.73 Å². The summed E-state index contributed by atoms with van der Waals surface area (Å²) in [7, 11) is 0. The van der Waals surface area contributed by atoms with Crippen LogP contribution in [-0.4, -0.2) is 19.7 Å². The monoisotopic (exact) mass is 215 g/mol. The van der Waals surface area contributed by atoms with Crippen molar-refractivity contribution in [3.05, 3.63) is 30.4 Å². The zero-order valence-electron chi connectivity index (χ0n) is 8.87. The van der Waals surface area contributed by atoms with Crippen LogP contribution in [-0.2, 0) is 6.42 Å². The van der Waals surface area contributed by atoms with E-state index < -0.39 is 0 Å². The molecule has 3 rings (SSSR count). The summed E-state index contributed by atoms with van der Waals surface area (Å²) in [6.45, 7) is 0. The first kappa shape index (κ1) is 9.47. The van der Waals surface area contributed by atoms with Crippen LogP contribution in [0.4, 0.5) is 0 Å². The van der Waals surface area contributed by atoms with Crippen molar-refractivity contribution in [2.45, 2.75) is 25.4 Å². The molecular weight excluding hydrogens is 202 g/mol. The third-order valence-electron chi connectivity index (χ3n) is 2.85. The van der Waals surface area contributed by atoms with Crippen molar-refractivity contribution in [3.8, 4) is 11.4 Å². The quantitative estimate of drug-likeness (QED) is 0.774. The fraction of sp³-hybridized carbons (Fsp3) is 0.364. The van der Waals surface area contributed by atoms with Gasteiger partial charge in [0.05, 0.1) is 0 Å². The second-order valence-electron chi connectivity index (χ2n) is 3.99. The molecule has 2 N–H and O–H groups in total. The highest BCUT2D eigenvalue weighted by Crippen LogP contribution is 2.22. The Morgan fingerprint density at radius 1 is 1.31 bits per heavy atom. The Morgan fingerprint density at radius 2 is 2.12 bits per heavy atom. The van der Waals surface area contributed by atoms with Crippen molar-refractivity contribution in [1.82, 2.24) is 19.7 Å². The summed E-state index contributed by atoms with van der Waals surface area (Å²) in [4.78, 5) is 8.50. The van der Waals surface area contributed by atoms with Gasteiger partial charge in [0.2, 0.25) is 0 Å². The fourth-order valence-electron chi connectivity index (χ4n) is 2.01. The zero-order valence-corrected chi connectivity index (χ0v) is 8.87. The Morgan fingerprint density at radius 3 is 2.88 bits per heavy atom. The van der Waals surface area contributed by atoms with Gasteiger partial charge in [-0.2, -0.15) is 0 Å². The second-order valence-corrected chi connectivity index (χ2v) is 3.99. The number of hydrogen-bond donors (Lipinski definition) is 1. The molecule has 1 unspecified atom stereocenters. The van der Waals surface area contributed by atoms with Gasteiger partial charge < -0.3 is 5.73 Å². The third-order valence-corrected chi connectivity index (χ3v) is 2.85. The van der Waals surface area contributed by atoms with Crippen LogP contribution in [0.2, 0.25) is 0 Å². The van der Waals surface area contributed by atoms with Crippen LogP contribution in [0, 0.1) is 0 Å². The lowest BCUT2D eigenvalue weighted by molar-refractivity contribution is 0.373. The Balaban J connectivity index is 2.05. The van der Waals surface area contributed by atoms with Gasteiger partial charge in [0.15, 0.2) is 5.82 Å². The van der Waals surface area contributed by atoms with E-state index in [1.807, 2.05) is 16.8 Å². The number of hydrogen-bond acceptors (Lipinski definition) is 4. The van der Waals surface area contributed by atoms with Crippen LogP contribution >= 0.6 is 0 Å². The van der Waals surface area contributed by atoms with E-state index in [-0.39, 0.29) is 6.17 Å². The van der Waals surface area contributed by atoms with Crippen LogP contribution in [0.5, 0.6) is 0 Å². The van der Waals surface area contributed by atoms with Crippen LogP contribution in [0.3, 0.4) is 0 Å². The smallest absolute Gasteiger partial charge is 0.181 e. The average Bonchev–Trinajstić information content (AvgIpc) is 2.76. The SMILES string of the molecule is NC1CCCc2nc(-c3ccncc3)nn21. The topological polar surface area (TPSA) is 69.6 Å². The van der Waals surface area contributed by atoms with Crippen molar-refractivity contribution >= 4 is 0 Å². The lowest BCUT2D eigenvalue weighted by Gasteiger charge is -2.18. The lowest BCUT2D eigenvalue weighted by Crippen LogP contribution is -2.25. The van der Waals surface area contributed by atoms with Gasteiger partial charge in [0, 0.05) is 24.4 Å². The Bertz CT molecular complexity index is 490. The first-order valence-corrected chi connectivity index (χ1v) is 5.46. The van der Waals surface area contributed by atoms with E-state index in [1.54, 1.807) is 12.4 Å². The molecule has 0 saturated carbocycles. The minimum atomic E-state index is -0.0214. The van der Waals surface area contributed by atoms with Gasteiger partial charge >= 0.3 is 0 Å². The summed E-state index contributed by atoms with van der Waals surface area (Å²) >= 11 is 0. The molecule has 3 heterocycles. The highest BCUT2D eigenvalue weighted by Gasteiger charge is 2.20. The second kappa shape index (κ2) is 3.68. The Kier molecular flexibility index (Phi) is 2.18. The van der Waals surface area contributed by atoms with Crippen molar-refractivity contribution in [1.29, 1.82) is 0 Å². The van der Waals surface area contributed by atoms with Gasteiger partial charge in [-0.1, -0.05) is 0 Å². The molecule has 82 valence electrons. The molecule has 5 heteroatoms. The van der Waals surface area contributed by atoms with Crippen molar-refractivity contribution in [3.63, 3.8) is 0 Å². The normalized spacial score (nSPS) is 19.4. The summed E-state index contributed by atoms with van der Waals surface area (Å²) < 4.78 is 1.85. The number of nitrogens with two attached hydrogens (primary N) is 1. The number of aryl methyl sites for hydroxylation is 1. The number of pyridine rings is 1. The molecule has 0 spiro atoms. The van der Waals surface area contributed by atoms with Crippen LogP contribution in [0.1, 0.15) is 24.8 Å². The van der Waals surface area contributed by atoms with E-state index in [9.17, 15) is 0 Å². The molecule has 0 aromatic carbocycles. The van der Waals surface area contributed by atoms with E-state index in [0.717, 1.165) is 36.5 Å². The molecule has 2 aromatic heterocycles. The Hall–Kier alpha value is -1.75. The molecule has 1 aliphatic rings. The van der Waals surface area contributed by atoms with Gasteiger partial charge in [-0.15, -0.1) is 5.10 Å². The van der Waals surface area contributed by atoms with E-state index in [2.05, 4.69) is 15.1 Å². The first-order chi connectivity index (χ1) is 7.84. The average molecular weight is 215 g/mol. The van der Waals surface area contributed by atoms with Crippen LogP contribution < -0.4 is 5.73 Å². The molecule has 0 aliphatic carbocycles. The number of fused-ring (bicyclic) bond motifs is 1. The predicted molar refractivity (Wildman–Crippen MR) is 59.4 cm³/mol. The number of aromatic nitrogens is 4. The van der Waals surface area contributed by atoms with Crippen molar-refractivity contribution in [2.75, 3.05) is 0 Å². The summed E-state index contributed by atoms with van der Waals surface area (Å²) in [5, 5.41) is 4.45. The highest BCUT2D eigenvalue weighted by atomic mass is 15.4. The van der Waals surface area contributed by atoms with Crippen molar-refractivity contribution in [2.24, 2.45) is 5.73 Å². The van der Waals surface area contributed by atoms with Crippen molar-refractivity contribution < 1.29 is 0 Å². The summed E-state index contributed by atoms with van der Waals surface area (Å²) in [6.07, 6.45) is 6.50. The zero-order chi connectivity index (χ0) is 11.0. The molecule has 0 amide bonds. The fourth-order valence-corrected chi connectivity index (χ4v) is 2.01. The van der Waals surface area contributed by atoms with Gasteiger partial charge in [0.1, 0.15) is 12.0 Å². The predicted octanol–water partition coefficient (Wildman–Crippen LogP) is 1.13. The molecule has 2 aromatic rings. The maximum absolute atomic E-state index is 5.99. The van der Waals surface area contributed by atoms with E-state index in [0.29, 0.717) is 0 Å². The molecule has 0 saturated heterocycles. The molecule has 1 aliphatic heterocycles. The van der Waals surface area contributed by atoms with Gasteiger partial charge in [-0.3, -0.25) is 4.98 Å². The molecule has 5 nitrogen and oxygen atoms in total. The third kappa shape index (κ3) is 1.49. The van der Waals surface area contributed by atoms with Gasteiger partial charge in [-0.05, 0) is 25.0 Å². The molecule has 0 fully saturated rings. The molecule has 1 atom stereocenters. The minimum absolute atomic E-state index is 0.0214. The van der Waals surface area contributed by atoms with Crippen LogP contribution in [0.25, 0.3) is 11.4 Å². The van der Waals surface area contributed by atoms with Gasteiger partial charge in [0.25, 0.3) is 0 Å². The molecular formula is C11H13N5.